The molecular formula is C16H22BrClN4. The van der Waals surface area contributed by atoms with Gasteiger partial charge in [0.2, 0.25) is 0 Å². The highest BCUT2D eigenvalue weighted by Crippen LogP contribution is 2.20. The number of hydrogen-bond donors (Lipinski definition) is 2. The van der Waals surface area contributed by atoms with E-state index < -0.39 is 0 Å². The van der Waals surface area contributed by atoms with Gasteiger partial charge in [-0.05, 0) is 44.1 Å². The Morgan fingerprint density at radius 2 is 2.14 bits per heavy atom. The average molecular weight is 386 g/mol. The number of piperidine rings is 1. The van der Waals surface area contributed by atoms with Crippen LogP contribution in [0.2, 0.25) is 0 Å². The molecule has 4 nitrogen and oxygen atoms in total. The van der Waals surface area contributed by atoms with E-state index in [9.17, 15) is 0 Å². The Bertz CT molecular complexity index is 584. The van der Waals surface area contributed by atoms with Gasteiger partial charge >= 0.3 is 0 Å². The molecule has 3 rings (SSSR count). The fraction of sp³-hybridized carbons (Fsp3) is 0.438. The molecule has 2 heterocycles. The molecule has 2 aromatic rings. The second kappa shape index (κ2) is 8.11. The van der Waals surface area contributed by atoms with Crippen LogP contribution in [0.25, 0.3) is 11.3 Å². The summed E-state index contributed by atoms with van der Waals surface area (Å²) in [7, 11) is 2.05. The zero-order chi connectivity index (χ0) is 14.7. The van der Waals surface area contributed by atoms with Crippen LogP contribution in [0.3, 0.4) is 0 Å². The van der Waals surface area contributed by atoms with E-state index in [0.29, 0.717) is 6.04 Å². The summed E-state index contributed by atoms with van der Waals surface area (Å²) in [5.41, 5.74) is 2.25. The van der Waals surface area contributed by atoms with E-state index in [1.165, 1.54) is 18.4 Å². The number of aromatic nitrogens is 2. The number of benzene rings is 1. The Morgan fingerprint density at radius 1 is 1.36 bits per heavy atom. The largest absolute Gasteiger partial charge is 0.341 e. The smallest absolute Gasteiger partial charge is 0.120 e. The van der Waals surface area contributed by atoms with E-state index in [2.05, 4.69) is 60.4 Å². The molecule has 0 radical (unpaired) electrons. The van der Waals surface area contributed by atoms with Gasteiger partial charge in [0.25, 0.3) is 0 Å². The van der Waals surface area contributed by atoms with Crippen molar-refractivity contribution in [3.05, 3.63) is 40.8 Å². The SMILES string of the molecule is CNC1CCCN(Cc2ncc(-c3ccc(Br)cc3)[nH]2)C1.Cl. The number of hydrogen-bond acceptors (Lipinski definition) is 3. The van der Waals surface area contributed by atoms with Gasteiger partial charge < -0.3 is 10.3 Å². The van der Waals surface area contributed by atoms with Crippen LogP contribution < -0.4 is 5.32 Å². The monoisotopic (exact) mass is 384 g/mol. The van der Waals surface area contributed by atoms with Gasteiger partial charge in [0.1, 0.15) is 5.82 Å². The first-order valence-electron chi connectivity index (χ1n) is 7.44. The molecule has 0 spiro atoms. The van der Waals surface area contributed by atoms with E-state index in [4.69, 9.17) is 0 Å². The summed E-state index contributed by atoms with van der Waals surface area (Å²) in [4.78, 5) is 10.4. The molecule has 1 unspecified atom stereocenters. The molecule has 1 aliphatic heterocycles. The summed E-state index contributed by atoms with van der Waals surface area (Å²) >= 11 is 3.46. The molecule has 0 amide bonds. The quantitative estimate of drug-likeness (QED) is 0.847. The minimum Gasteiger partial charge on any atom is -0.341 e. The maximum atomic E-state index is 4.53. The molecule has 1 aromatic heterocycles. The van der Waals surface area contributed by atoms with Gasteiger partial charge in [-0.15, -0.1) is 12.4 Å². The number of likely N-dealkylation sites (N-methyl/N-ethyl adjacent to an activating group) is 1. The molecule has 0 bridgehead atoms. The third-order valence-corrected chi connectivity index (χ3v) is 4.60. The predicted molar refractivity (Wildman–Crippen MR) is 96.3 cm³/mol. The lowest BCUT2D eigenvalue weighted by atomic mass is 10.1. The number of aromatic amines is 1. The van der Waals surface area contributed by atoms with Gasteiger partial charge in [-0.1, -0.05) is 28.1 Å². The number of nitrogens with one attached hydrogen (secondary N) is 2. The van der Waals surface area contributed by atoms with Crippen LogP contribution in [-0.4, -0.2) is 41.0 Å². The number of imidazole rings is 1. The van der Waals surface area contributed by atoms with Crippen molar-refractivity contribution in [2.45, 2.75) is 25.4 Å². The van der Waals surface area contributed by atoms with E-state index >= 15 is 0 Å². The van der Waals surface area contributed by atoms with E-state index in [0.717, 1.165) is 35.6 Å². The van der Waals surface area contributed by atoms with Gasteiger partial charge in [0.15, 0.2) is 0 Å². The Hall–Kier alpha value is -0.880. The molecule has 1 saturated heterocycles. The van der Waals surface area contributed by atoms with Crippen molar-refractivity contribution >= 4 is 28.3 Å². The molecule has 0 saturated carbocycles. The highest BCUT2D eigenvalue weighted by Gasteiger charge is 2.19. The Balaban J connectivity index is 0.00000176. The Labute approximate surface area is 146 Å². The number of H-pyrrole nitrogens is 1. The van der Waals surface area contributed by atoms with E-state index in [-0.39, 0.29) is 12.4 Å². The van der Waals surface area contributed by atoms with Crippen molar-refractivity contribution in [1.29, 1.82) is 0 Å². The molecular weight excluding hydrogens is 364 g/mol. The van der Waals surface area contributed by atoms with Crippen molar-refractivity contribution in [3.63, 3.8) is 0 Å². The van der Waals surface area contributed by atoms with Crippen LogP contribution in [0.5, 0.6) is 0 Å². The third-order valence-electron chi connectivity index (χ3n) is 4.07. The van der Waals surface area contributed by atoms with Crippen molar-refractivity contribution in [2.75, 3.05) is 20.1 Å². The molecule has 22 heavy (non-hydrogen) atoms. The average Bonchev–Trinajstić information content (AvgIpc) is 2.96. The van der Waals surface area contributed by atoms with E-state index in [1.807, 2.05) is 13.2 Å². The first kappa shape index (κ1) is 17.5. The van der Waals surface area contributed by atoms with Gasteiger partial charge in [-0.3, -0.25) is 4.90 Å². The number of nitrogens with zero attached hydrogens (tertiary/aromatic N) is 2. The van der Waals surface area contributed by atoms with Crippen molar-refractivity contribution in [1.82, 2.24) is 20.2 Å². The number of rotatable bonds is 4. The summed E-state index contributed by atoms with van der Waals surface area (Å²) in [6.45, 7) is 3.16. The van der Waals surface area contributed by atoms with Crippen molar-refractivity contribution in [2.24, 2.45) is 0 Å². The summed E-state index contributed by atoms with van der Waals surface area (Å²) < 4.78 is 1.09. The lowest BCUT2D eigenvalue weighted by Gasteiger charge is -2.31. The van der Waals surface area contributed by atoms with Crippen molar-refractivity contribution in [3.8, 4) is 11.3 Å². The maximum absolute atomic E-state index is 4.53. The van der Waals surface area contributed by atoms with Crippen molar-refractivity contribution < 1.29 is 0 Å². The third kappa shape index (κ3) is 4.32. The molecule has 120 valence electrons. The fourth-order valence-electron chi connectivity index (χ4n) is 2.87. The van der Waals surface area contributed by atoms with Crippen LogP contribution in [0.4, 0.5) is 0 Å². The van der Waals surface area contributed by atoms with Gasteiger partial charge in [-0.2, -0.15) is 0 Å². The first-order valence-corrected chi connectivity index (χ1v) is 8.23. The molecule has 0 aliphatic carbocycles. The minimum atomic E-state index is 0. The van der Waals surface area contributed by atoms with Crippen LogP contribution in [0.1, 0.15) is 18.7 Å². The predicted octanol–water partition coefficient (Wildman–Crippen LogP) is 3.44. The summed E-state index contributed by atoms with van der Waals surface area (Å²) in [5.74, 6) is 1.05. The Kier molecular flexibility index (Phi) is 6.44. The summed E-state index contributed by atoms with van der Waals surface area (Å²) in [6.07, 6.45) is 4.46. The first-order chi connectivity index (χ1) is 10.2. The highest BCUT2D eigenvalue weighted by atomic mass is 79.9. The molecule has 1 fully saturated rings. The second-order valence-corrected chi connectivity index (χ2v) is 6.53. The lowest BCUT2D eigenvalue weighted by Crippen LogP contribution is -2.44. The number of halogens is 2. The standard InChI is InChI=1S/C16H21BrN4.ClH/c1-18-14-3-2-8-21(10-14)11-16-19-9-15(20-16)12-4-6-13(17)7-5-12;/h4-7,9,14,18H,2-3,8,10-11H2,1H3,(H,19,20);1H. The number of likely N-dealkylation sites (tertiary alicyclic amines) is 1. The van der Waals surface area contributed by atoms with E-state index in [1.54, 1.807) is 0 Å². The fourth-order valence-corrected chi connectivity index (χ4v) is 3.13. The second-order valence-electron chi connectivity index (χ2n) is 5.61. The molecule has 1 aromatic carbocycles. The minimum absolute atomic E-state index is 0. The zero-order valence-electron chi connectivity index (χ0n) is 12.7. The maximum Gasteiger partial charge on any atom is 0.120 e. The Morgan fingerprint density at radius 3 is 2.86 bits per heavy atom. The van der Waals surface area contributed by atoms with Crippen LogP contribution >= 0.6 is 28.3 Å². The highest BCUT2D eigenvalue weighted by molar-refractivity contribution is 9.10. The normalized spacial score (nSPS) is 18.9. The molecule has 1 atom stereocenters. The molecule has 2 N–H and O–H groups in total. The van der Waals surface area contributed by atoms with Crippen LogP contribution in [0.15, 0.2) is 34.9 Å². The summed E-state index contributed by atoms with van der Waals surface area (Å²) in [6, 6.07) is 8.91. The molecule has 6 heteroatoms. The topological polar surface area (TPSA) is 44.0 Å². The van der Waals surface area contributed by atoms with Gasteiger partial charge in [0, 0.05) is 17.1 Å². The zero-order valence-corrected chi connectivity index (χ0v) is 15.1. The molecule has 1 aliphatic rings. The van der Waals surface area contributed by atoms with Gasteiger partial charge in [-0.25, -0.2) is 4.98 Å². The van der Waals surface area contributed by atoms with Gasteiger partial charge in [0.05, 0.1) is 18.4 Å². The van der Waals surface area contributed by atoms with Crippen LogP contribution in [-0.2, 0) is 6.54 Å². The van der Waals surface area contributed by atoms with Crippen LogP contribution in [0, 0.1) is 0 Å². The summed E-state index contributed by atoms with van der Waals surface area (Å²) in [5, 5.41) is 3.38. The lowest BCUT2D eigenvalue weighted by molar-refractivity contribution is 0.184.